The Morgan fingerprint density at radius 2 is 1.92 bits per heavy atom. The number of halogens is 2. The molecule has 2 aromatic heterocycles. The summed E-state index contributed by atoms with van der Waals surface area (Å²) in [6.45, 7) is 11.4. The number of benzene rings is 1. The standard InChI is InChI=1S/C27H30BrClN4O4S2/c1-14(2)33-9-8-18-21(13-33)39-25(32-18)24(35)31-19-11-16(26(36)37-27(3,4)5)17(28)10-15(19)12-30-23(34)20-6-7-22(29)38-20/h6-7,10-11,14H,8-9,12-13H2,1-5H3,(H,30,34)(H,31,35). The number of hydrogen-bond donors (Lipinski definition) is 2. The Morgan fingerprint density at radius 3 is 2.56 bits per heavy atom. The minimum Gasteiger partial charge on any atom is -0.456 e. The Hall–Kier alpha value is -2.31. The van der Waals surface area contributed by atoms with Gasteiger partial charge in [0.15, 0.2) is 5.01 Å². The van der Waals surface area contributed by atoms with Crippen LogP contribution in [0.1, 0.15) is 80.6 Å². The molecule has 8 nitrogen and oxygen atoms in total. The van der Waals surface area contributed by atoms with Gasteiger partial charge in [-0.3, -0.25) is 14.5 Å². The second kappa shape index (κ2) is 12.1. The number of anilines is 1. The summed E-state index contributed by atoms with van der Waals surface area (Å²) in [4.78, 5) is 47.4. The quantitative estimate of drug-likeness (QED) is 0.282. The van der Waals surface area contributed by atoms with Gasteiger partial charge in [-0.1, -0.05) is 11.6 Å². The van der Waals surface area contributed by atoms with E-state index in [0.29, 0.717) is 36.0 Å². The predicted octanol–water partition coefficient (Wildman–Crippen LogP) is 6.52. The molecule has 12 heteroatoms. The highest BCUT2D eigenvalue weighted by molar-refractivity contribution is 9.10. The van der Waals surface area contributed by atoms with Gasteiger partial charge in [-0.2, -0.15) is 0 Å². The molecule has 0 radical (unpaired) electrons. The molecular formula is C27H30BrClN4O4S2. The van der Waals surface area contributed by atoms with Crippen LogP contribution in [0.5, 0.6) is 0 Å². The van der Waals surface area contributed by atoms with Crippen molar-refractivity contribution in [2.45, 2.75) is 65.8 Å². The zero-order valence-corrected chi connectivity index (χ0v) is 26.3. The number of nitrogens with one attached hydrogen (secondary N) is 2. The van der Waals surface area contributed by atoms with Crippen molar-refractivity contribution in [3.05, 3.63) is 64.7 Å². The lowest BCUT2D eigenvalue weighted by molar-refractivity contribution is 0.00682. The molecule has 0 unspecified atom stereocenters. The lowest BCUT2D eigenvalue weighted by atomic mass is 10.1. The van der Waals surface area contributed by atoms with Gasteiger partial charge < -0.3 is 15.4 Å². The van der Waals surface area contributed by atoms with Crippen LogP contribution >= 0.6 is 50.2 Å². The maximum Gasteiger partial charge on any atom is 0.339 e. The third-order valence-corrected chi connectivity index (χ3v) is 8.95. The monoisotopic (exact) mass is 652 g/mol. The average Bonchev–Trinajstić information content (AvgIpc) is 3.48. The molecule has 0 fully saturated rings. The fourth-order valence-corrected chi connectivity index (χ4v) is 6.54. The zero-order chi connectivity index (χ0) is 28.5. The summed E-state index contributed by atoms with van der Waals surface area (Å²) in [5.41, 5.74) is 1.50. The SMILES string of the molecule is CC(C)N1CCc2nc(C(=O)Nc3cc(C(=O)OC(C)(C)C)c(Br)cc3CNC(=O)c3ccc(Cl)s3)sc2C1. The van der Waals surface area contributed by atoms with E-state index in [0.717, 1.165) is 30.1 Å². The van der Waals surface area contributed by atoms with Crippen molar-refractivity contribution >= 4 is 73.7 Å². The maximum absolute atomic E-state index is 13.4. The van der Waals surface area contributed by atoms with Gasteiger partial charge >= 0.3 is 5.97 Å². The number of amides is 2. The van der Waals surface area contributed by atoms with E-state index in [-0.39, 0.29) is 23.9 Å². The number of thiazole rings is 1. The molecule has 2 N–H and O–H groups in total. The Bertz CT molecular complexity index is 1410. The molecule has 39 heavy (non-hydrogen) atoms. The van der Waals surface area contributed by atoms with Gasteiger partial charge in [-0.05, 0) is 80.4 Å². The van der Waals surface area contributed by atoms with Crippen molar-refractivity contribution in [3.63, 3.8) is 0 Å². The minimum atomic E-state index is -0.696. The number of nitrogens with zero attached hydrogens (tertiary/aromatic N) is 2. The maximum atomic E-state index is 13.4. The first-order chi connectivity index (χ1) is 18.3. The fraction of sp³-hybridized carbons (Fsp3) is 0.407. The molecule has 0 atom stereocenters. The topological polar surface area (TPSA) is 101 Å². The van der Waals surface area contributed by atoms with Crippen molar-refractivity contribution in [2.75, 3.05) is 11.9 Å². The van der Waals surface area contributed by atoms with E-state index in [1.165, 1.54) is 22.7 Å². The third-order valence-electron chi connectivity index (χ3n) is 5.98. The molecule has 0 aliphatic carbocycles. The number of carbonyl (C=O) groups excluding carboxylic acids is 3. The predicted molar refractivity (Wildman–Crippen MR) is 159 cm³/mol. The molecule has 0 saturated carbocycles. The van der Waals surface area contributed by atoms with E-state index in [2.05, 4.69) is 50.3 Å². The van der Waals surface area contributed by atoms with E-state index >= 15 is 0 Å². The lowest BCUT2D eigenvalue weighted by Crippen LogP contribution is -2.35. The van der Waals surface area contributed by atoms with Crippen LogP contribution in [0, 0.1) is 0 Å². The fourth-order valence-electron chi connectivity index (χ4n) is 3.99. The molecule has 1 aliphatic heterocycles. The van der Waals surface area contributed by atoms with Crippen LogP contribution in [0.2, 0.25) is 4.34 Å². The highest BCUT2D eigenvalue weighted by Gasteiger charge is 2.26. The Balaban J connectivity index is 1.60. The van der Waals surface area contributed by atoms with Crippen molar-refractivity contribution in [1.29, 1.82) is 0 Å². The first-order valence-corrected chi connectivity index (χ1v) is 15.2. The van der Waals surface area contributed by atoms with Crippen LogP contribution in [0.4, 0.5) is 5.69 Å². The number of rotatable bonds is 7. The normalized spacial score (nSPS) is 13.7. The van der Waals surface area contributed by atoms with Crippen LogP contribution in [-0.4, -0.2) is 45.9 Å². The van der Waals surface area contributed by atoms with E-state index in [1.54, 1.807) is 45.0 Å². The van der Waals surface area contributed by atoms with Crippen LogP contribution in [-0.2, 0) is 24.2 Å². The third kappa shape index (κ3) is 7.46. The smallest absolute Gasteiger partial charge is 0.339 e. The molecule has 0 spiro atoms. The van der Waals surface area contributed by atoms with E-state index < -0.39 is 11.6 Å². The number of esters is 1. The molecule has 0 bridgehead atoms. The van der Waals surface area contributed by atoms with Gasteiger partial charge in [-0.15, -0.1) is 22.7 Å². The Morgan fingerprint density at radius 1 is 1.18 bits per heavy atom. The first-order valence-electron chi connectivity index (χ1n) is 12.4. The average molecular weight is 654 g/mol. The van der Waals surface area contributed by atoms with Gasteiger partial charge in [0.2, 0.25) is 0 Å². The van der Waals surface area contributed by atoms with Crippen LogP contribution < -0.4 is 10.6 Å². The van der Waals surface area contributed by atoms with Gasteiger partial charge in [0.25, 0.3) is 11.8 Å². The summed E-state index contributed by atoms with van der Waals surface area (Å²) in [6, 6.07) is 6.98. The van der Waals surface area contributed by atoms with Gasteiger partial charge in [-0.25, -0.2) is 9.78 Å². The van der Waals surface area contributed by atoms with E-state index in [1.807, 2.05) is 0 Å². The van der Waals surface area contributed by atoms with E-state index in [4.69, 9.17) is 16.3 Å². The highest BCUT2D eigenvalue weighted by atomic mass is 79.9. The number of fused-ring (bicyclic) bond motifs is 1. The largest absolute Gasteiger partial charge is 0.456 e. The van der Waals surface area contributed by atoms with Gasteiger partial charge in [0, 0.05) is 47.1 Å². The Labute approximate surface area is 249 Å². The minimum absolute atomic E-state index is 0.106. The summed E-state index contributed by atoms with van der Waals surface area (Å²) >= 11 is 12.0. The van der Waals surface area contributed by atoms with Crippen LogP contribution in [0.15, 0.2) is 28.7 Å². The number of thiophene rings is 1. The molecule has 4 rings (SSSR count). The van der Waals surface area contributed by atoms with E-state index in [9.17, 15) is 14.4 Å². The molecule has 0 saturated heterocycles. The summed E-state index contributed by atoms with van der Waals surface area (Å²) < 4.78 is 6.55. The van der Waals surface area contributed by atoms with Crippen molar-refractivity contribution in [2.24, 2.45) is 0 Å². The van der Waals surface area contributed by atoms with Gasteiger partial charge in [0.1, 0.15) is 5.60 Å². The second-order valence-corrected chi connectivity index (χ2v) is 14.1. The van der Waals surface area contributed by atoms with Crippen LogP contribution in [0.25, 0.3) is 0 Å². The van der Waals surface area contributed by atoms with Crippen LogP contribution in [0.3, 0.4) is 0 Å². The molecular weight excluding hydrogens is 624 g/mol. The lowest BCUT2D eigenvalue weighted by Gasteiger charge is -2.29. The van der Waals surface area contributed by atoms with Crippen molar-refractivity contribution < 1.29 is 19.1 Å². The summed E-state index contributed by atoms with van der Waals surface area (Å²) in [6.07, 6.45) is 0.794. The van der Waals surface area contributed by atoms with Crippen molar-refractivity contribution in [3.8, 4) is 0 Å². The van der Waals surface area contributed by atoms with Crippen molar-refractivity contribution in [1.82, 2.24) is 15.2 Å². The second-order valence-electron chi connectivity index (χ2n) is 10.4. The highest BCUT2D eigenvalue weighted by Crippen LogP contribution is 2.31. The number of hydrogen-bond acceptors (Lipinski definition) is 8. The number of ether oxygens (including phenoxy) is 1. The molecule has 3 aromatic rings. The molecule has 2 amide bonds. The number of aromatic nitrogens is 1. The summed E-state index contributed by atoms with van der Waals surface area (Å²) in [5, 5.41) is 6.13. The molecule has 3 heterocycles. The first kappa shape index (κ1) is 29.7. The molecule has 208 valence electrons. The summed E-state index contributed by atoms with van der Waals surface area (Å²) in [7, 11) is 0. The Kier molecular flexibility index (Phi) is 9.17. The molecule has 1 aliphatic rings. The molecule has 1 aromatic carbocycles. The van der Waals surface area contributed by atoms with Gasteiger partial charge in [0.05, 0.1) is 20.5 Å². The number of carbonyl (C=O) groups is 3. The summed E-state index contributed by atoms with van der Waals surface area (Å²) in [5.74, 6) is -1.20. The zero-order valence-electron chi connectivity index (χ0n) is 22.3.